The first-order valence-electron chi connectivity index (χ1n) is 6.43. The lowest BCUT2D eigenvalue weighted by atomic mass is 9.74. The van der Waals surface area contributed by atoms with Crippen molar-refractivity contribution in [2.45, 2.75) is 51.6 Å². The SMILES string of the molecule is CCC1CCC(O)(c2ccc(C)cc2)CC1. The molecular formula is C15H22O. The molecule has 1 saturated carbocycles. The van der Waals surface area contributed by atoms with Gasteiger partial charge in [0.2, 0.25) is 0 Å². The van der Waals surface area contributed by atoms with Crippen LogP contribution in [0.1, 0.15) is 50.2 Å². The fraction of sp³-hybridized carbons (Fsp3) is 0.600. The minimum absolute atomic E-state index is 0.556. The highest BCUT2D eigenvalue weighted by Crippen LogP contribution is 2.40. The van der Waals surface area contributed by atoms with Crippen LogP contribution in [0.25, 0.3) is 0 Å². The average molecular weight is 218 g/mol. The molecule has 0 unspecified atom stereocenters. The Kier molecular flexibility index (Phi) is 3.34. The molecule has 0 atom stereocenters. The van der Waals surface area contributed by atoms with Crippen molar-refractivity contribution in [1.29, 1.82) is 0 Å². The predicted octanol–water partition coefficient (Wildman–Crippen LogP) is 3.78. The van der Waals surface area contributed by atoms with Gasteiger partial charge >= 0.3 is 0 Å². The van der Waals surface area contributed by atoms with Crippen molar-refractivity contribution in [3.63, 3.8) is 0 Å². The Bertz CT molecular complexity index is 331. The summed E-state index contributed by atoms with van der Waals surface area (Å²) < 4.78 is 0. The zero-order valence-corrected chi connectivity index (χ0v) is 10.4. The van der Waals surface area contributed by atoms with Crippen LogP contribution in [0.2, 0.25) is 0 Å². The molecule has 1 nitrogen and oxygen atoms in total. The third kappa shape index (κ3) is 2.30. The third-order valence-electron chi connectivity index (χ3n) is 4.10. The Morgan fingerprint density at radius 2 is 1.75 bits per heavy atom. The Balaban J connectivity index is 2.11. The van der Waals surface area contributed by atoms with Gasteiger partial charge in [-0.3, -0.25) is 0 Å². The summed E-state index contributed by atoms with van der Waals surface area (Å²) >= 11 is 0. The number of benzene rings is 1. The van der Waals surface area contributed by atoms with Gasteiger partial charge in [-0.15, -0.1) is 0 Å². The second-order valence-electron chi connectivity index (χ2n) is 5.25. The Morgan fingerprint density at radius 3 is 2.25 bits per heavy atom. The molecular weight excluding hydrogens is 196 g/mol. The van der Waals surface area contributed by atoms with E-state index in [-0.39, 0.29) is 0 Å². The molecule has 0 aromatic heterocycles. The number of hydrogen-bond donors (Lipinski definition) is 1. The van der Waals surface area contributed by atoms with Crippen molar-refractivity contribution in [1.82, 2.24) is 0 Å². The highest BCUT2D eigenvalue weighted by molar-refractivity contribution is 5.26. The maximum atomic E-state index is 10.6. The van der Waals surface area contributed by atoms with E-state index in [4.69, 9.17) is 0 Å². The molecule has 2 rings (SSSR count). The van der Waals surface area contributed by atoms with Crippen molar-refractivity contribution in [2.75, 3.05) is 0 Å². The lowest BCUT2D eigenvalue weighted by Crippen LogP contribution is -2.31. The fourth-order valence-corrected chi connectivity index (χ4v) is 2.72. The van der Waals surface area contributed by atoms with E-state index in [0.717, 1.165) is 24.3 Å². The summed E-state index contributed by atoms with van der Waals surface area (Å²) in [4.78, 5) is 0. The molecule has 1 heteroatoms. The van der Waals surface area contributed by atoms with Gasteiger partial charge in [0.15, 0.2) is 0 Å². The molecule has 0 amide bonds. The van der Waals surface area contributed by atoms with Crippen molar-refractivity contribution in [3.8, 4) is 0 Å². The summed E-state index contributed by atoms with van der Waals surface area (Å²) in [6, 6.07) is 8.36. The molecule has 1 N–H and O–H groups in total. The molecule has 0 radical (unpaired) electrons. The molecule has 0 aliphatic heterocycles. The van der Waals surface area contributed by atoms with Crippen LogP contribution in [0.4, 0.5) is 0 Å². The lowest BCUT2D eigenvalue weighted by molar-refractivity contribution is -0.0145. The van der Waals surface area contributed by atoms with Gasteiger partial charge in [-0.05, 0) is 44.1 Å². The maximum Gasteiger partial charge on any atom is 0.0896 e. The van der Waals surface area contributed by atoms with Crippen molar-refractivity contribution in [3.05, 3.63) is 35.4 Å². The quantitative estimate of drug-likeness (QED) is 0.801. The molecule has 1 aromatic rings. The maximum absolute atomic E-state index is 10.6. The van der Waals surface area contributed by atoms with Crippen LogP contribution in [0.5, 0.6) is 0 Å². The van der Waals surface area contributed by atoms with Crippen LogP contribution < -0.4 is 0 Å². The Labute approximate surface area is 98.5 Å². The third-order valence-corrected chi connectivity index (χ3v) is 4.10. The molecule has 16 heavy (non-hydrogen) atoms. The minimum Gasteiger partial charge on any atom is -0.385 e. The van der Waals surface area contributed by atoms with Crippen LogP contribution in [0, 0.1) is 12.8 Å². The average Bonchev–Trinajstić information content (AvgIpc) is 2.31. The summed E-state index contributed by atoms with van der Waals surface area (Å²) in [6.45, 7) is 4.34. The second kappa shape index (κ2) is 4.58. The first-order chi connectivity index (χ1) is 7.64. The monoisotopic (exact) mass is 218 g/mol. The van der Waals surface area contributed by atoms with E-state index in [1.807, 2.05) is 0 Å². The van der Waals surface area contributed by atoms with E-state index in [9.17, 15) is 5.11 Å². The number of hydrogen-bond acceptors (Lipinski definition) is 1. The van der Waals surface area contributed by atoms with E-state index < -0.39 is 5.60 Å². The molecule has 0 spiro atoms. The highest BCUT2D eigenvalue weighted by atomic mass is 16.3. The molecule has 0 saturated heterocycles. The number of aryl methyl sites for hydroxylation is 1. The summed E-state index contributed by atoms with van der Waals surface area (Å²) in [5.74, 6) is 0.825. The molecule has 1 aromatic carbocycles. The van der Waals surface area contributed by atoms with Crippen molar-refractivity contribution in [2.24, 2.45) is 5.92 Å². The normalized spacial score (nSPS) is 30.3. The molecule has 88 valence electrons. The lowest BCUT2D eigenvalue weighted by Gasteiger charge is -2.36. The molecule has 1 aliphatic rings. The van der Waals surface area contributed by atoms with Gasteiger partial charge in [0.1, 0.15) is 0 Å². The van der Waals surface area contributed by atoms with Gasteiger partial charge in [-0.25, -0.2) is 0 Å². The fourth-order valence-electron chi connectivity index (χ4n) is 2.72. The minimum atomic E-state index is -0.556. The van der Waals surface area contributed by atoms with Crippen molar-refractivity contribution >= 4 is 0 Å². The first-order valence-corrected chi connectivity index (χ1v) is 6.43. The van der Waals surface area contributed by atoms with Crippen LogP contribution in [0.3, 0.4) is 0 Å². The van der Waals surface area contributed by atoms with Crippen LogP contribution in [0.15, 0.2) is 24.3 Å². The number of aliphatic hydroxyl groups is 1. The molecule has 1 aliphatic carbocycles. The van der Waals surface area contributed by atoms with E-state index in [1.165, 1.54) is 24.8 Å². The molecule has 1 fully saturated rings. The van der Waals surface area contributed by atoms with Crippen LogP contribution >= 0.6 is 0 Å². The van der Waals surface area contributed by atoms with Gasteiger partial charge in [-0.1, -0.05) is 43.2 Å². The standard InChI is InChI=1S/C15H22O/c1-3-13-8-10-15(16,11-9-13)14-6-4-12(2)5-7-14/h4-7,13,16H,3,8-11H2,1-2H3. The predicted molar refractivity (Wildman–Crippen MR) is 67.3 cm³/mol. The van der Waals surface area contributed by atoms with Gasteiger partial charge in [0.05, 0.1) is 5.60 Å². The highest BCUT2D eigenvalue weighted by Gasteiger charge is 2.33. The molecule has 0 heterocycles. The van der Waals surface area contributed by atoms with Crippen LogP contribution in [-0.4, -0.2) is 5.11 Å². The summed E-state index contributed by atoms with van der Waals surface area (Å²) in [5, 5.41) is 10.6. The molecule has 0 bridgehead atoms. The largest absolute Gasteiger partial charge is 0.385 e. The van der Waals surface area contributed by atoms with E-state index in [2.05, 4.69) is 38.1 Å². The van der Waals surface area contributed by atoms with Crippen molar-refractivity contribution < 1.29 is 5.11 Å². The number of rotatable bonds is 2. The van der Waals surface area contributed by atoms with E-state index in [0.29, 0.717) is 0 Å². The van der Waals surface area contributed by atoms with Crippen LogP contribution in [-0.2, 0) is 5.60 Å². The second-order valence-corrected chi connectivity index (χ2v) is 5.25. The topological polar surface area (TPSA) is 20.2 Å². The van der Waals surface area contributed by atoms with E-state index >= 15 is 0 Å². The van der Waals surface area contributed by atoms with Gasteiger partial charge in [-0.2, -0.15) is 0 Å². The summed E-state index contributed by atoms with van der Waals surface area (Å²) in [7, 11) is 0. The zero-order valence-electron chi connectivity index (χ0n) is 10.4. The van der Waals surface area contributed by atoms with Gasteiger partial charge < -0.3 is 5.11 Å². The Morgan fingerprint density at radius 1 is 1.19 bits per heavy atom. The summed E-state index contributed by atoms with van der Waals surface area (Å²) in [5.41, 5.74) is 1.81. The zero-order chi connectivity index (χ0) is 11.6. The van der Waals surface area contributed by atoms with Gasteiger partial charge in [0, 0.05) is 0 Å². The van der Waals surface area contributed by atoms with Gasteiger partial charge in [0.25, 0.3) is 0 Å². The summed E-state index contributed by atoms with van der Waals surface area (Å²) in [6.07, 6.45) is 5.44. The first kappa shape index (κ1) is 11.7. The smallest absolute Gasteiger partial charge is 0.0896 e. The van der Waals surface area contributed by atoms with E-state index in [1.54, 1.807) is 0 Å². The Hall–Kier alpha value is -0.820.